The van der Waals surface area contributed by atoms with Gasteiger partial charge in [0.05, 0.1) is 6.33 Å². The molecule has 0 fully saturated rings. The number of nitrogens with one attached hydrogen (secondary N) is 1. The van der Waals surface area contributed by atoms with E-state index in [1.807, 2.05) is 22.9 Å². The van der Waals surface area contributed by atoms with E-state index in [4.69, 9.17) is 4.74 Å². The van der Waals surface area contributed by atoms with E-state index in [-0.39, 0.29) is 18.3 Å². The van der Waals surface area contributed by atoms with Crippen LogP contribution in [0.4, 0.5) is 10.1 Å². The third kappa shape index (κ3) is 3.74. The number of rotatable bonds is 5. The van der Waals surface area contributed by atoms with Crippen LogP contribution >= 0.6 is 0 Å². The summed E-state index contributed by atoms with van der Waals surface area (Å²) in [6.07, 6.45) is 5.21. The predicted octanol–water partition coefficient (Wildman–Crippen LogP) is 3.03. The lowest BCUT2D eigenvalue weighted by Crippen LogP contribution is -2.20. The van der Waals surface area contributed by atoms with Crippen LogP contribution in [0.1, 0.15) is 0 Å². The summed E-state index contributed by atoms with van der Waals surface area (Å²) in [5.74, 6) is -0.799. The first-order chi connectivity index (χ1) is 11.2. The van der Waals surface area contributed by atoms with Crippen LogP contribution in [0.3, 0.4) is 0 Å². The van der Waals surface area contributed by atoms with Gasteiger partial charge in [-0.2, -0.15) is 0 Å². The number of nitrogens with zero attached hydrogens (tertiary/aromatic N) is 2. The molecule has 116 valence electrons. The molecular formula is C17H14FN3O2. The molecule has 0 unspecified atom stereocenters. The lowest BCUT2D eigenvalue weighted by atomic mass is 10.2. The third-order valence-corrected chi connectivity index (χ3v) is 3.15. The molecule has 23 heavy (non-hydrogen) atoms. The lowest BCUT2D eigenvalue weighted by Gasteiger charge is -2.09. The first-order valence-corrected chi connectivity index (χ1v) is 6.98. The van der Waals surface area contributed by atoms with Gasteiger partial charge in [-0.15, -0.1) is 0 Å². The molecule has 0 aliphatic rings. The van der Waals surface area contributed by atoms with Gasteiger partial charge in [0.25, 0.3) is 5.91 Å². The van der Waals surface area contributed by atoms with E-state index in [0.717, 1.165) is 5.69 Å². The molecule has 1 amide bonds. The number of amides is 1. The Morgan fingerprint density at radius 1 is 1.17 bits per heavy atom. The summed E-state index contributed by atoms with van der Waals surface area (Å²) in [7, 11) is 0. The minimum absolute atomic E-state index is 0.0538. The van der Waals surface area contributed by atoms with E-state index in [0.29, 0.717) is 5.69 Å². The fourth-order valence-corrected chi connectivity index (χ4v) is 2.03. The van der Waals surface area contributed by atoms with Crippen molar-refractivity contribution in [3.63, 3.8) is 0 Å². The molecule has 1 aromatic heterocycles. The second-order valence-corrected chi connectivity index (χ2v) is 4.78. The zero-order valence-corrected chi connectivity index (χ0v) is 12.1. The molecule has 0 atom stereocenters. The minimum atomic E-state index is -0.495. The Labute approximate surface area is 132 Å². The average molecular weight is 311 g/mol. The van der Waals surface area contributed by atoms with Crippen molar-refractivity contribution in [3.8, 4) is 11.4 Å². The number of hydrogen-bond donors (Lipinski definition) is 1. The maximum atomic E-state index is 13.4. The first kappa shape index (κ1) is 14.8. The number of hydrogen-bond acceptors (Lipinski definition) is 3. The summed E-state index contributed by atoms with van der Waals surface area (Å²) in [5, 5.41) is 2.69. The summed E-state index contributed by atoms with van der Waals surface area (Å²) in [5.41, 5.74) is 1.57. The van der Waals surface area contributed by atoms with Crippen molar-refractivity contribution in [1.29, 1.82) is 0 Å². The summed E-state index contributed by atoms with van der Waals surface area (Å²) >= 11 is 0. The van der Waals surface area contributed by atoms with Crippen molar-refractivity contribution < 1.29 is 13.9 Å². The molecule has 6 heteroatoms. The number of ether oxygens (including phenoxy) is 1. The molecule has 0 bridgehead atoms. The van der Waals surface area contributed by atoms with Crippen LogP contribution in [-0.4, -0.2) is 22.1 Å². The summed E-state index contributed by atoms with van der Waals surface area (Å²) in [6.45, 7) is -0.260. The van der Waals surface area contributed by atoms with Crippen LogP contribution in [-0.2, 0) is 4.79 Å². The van der Waals surface area contributed by atoms with Gasteiger partial charge in [-0.05, 0) is 36.4 Å². The highest BCUT2D eigenvalue weighted by Crippen LogP contribution is 2.16. The quantitative estimate of drug-likeness (QED) is 0.788. The Bertz CT molecular complexity index is 786. The fourth-order valence-electron chi connectivity index (χ4n) is 2.03. The van der Waals surface area contributed by atoms with Crippen LogP contribution in [0.2, 0.25) is 0 Å². The molecule has 3 rings (SSSR count). The normalized spacial score (nSPS) is 10.3. The van der Waals surface area contributed by atoms with Gasteiger partial charge in [-0.1, -0.05) is 12.1 Å². The summed E-state index contributed by atoms with van der Waals surface area (Å²) < 4.78 is 20.4. The van der Waals surface area contributed by atoms with E-state index in [1.54, 1.807) is 36.8 Å². The van der Waals surface area contributed by atoms with Crippen molar-refractivity contribution >= 4 is 11.6 Å². The zero-order valence-electron chi connectivity index (χ0n) is 12.1. The van der Waals surface area contributed by atoms with E-state index in [9.17, 15) is 9.18 Å². The average Bonchev–Trinajstić information content (AvgIpc) is 3.09. The Balaban J connectivity index is 1.57. The van der Waals surface area contributed by atoms with E-state index < -0.39 is 5.82 Å². The Kier molecular flexibility index (Phi) is 4.33. The molecule has 1 heterocycles. The maximum Gasteiger partial charge on any atom is 0.262 e. The highest BCUT2D eigenvalue weighted by Gasteiger charge is 2.07. The van der Waals surface area contributed by atoms with Crippen molar-refractivity contribution in [1.82, 2.24) is 9.55 Å². The minimum Gasteiger partial charge on any atom is -0.481 e. The number of anilines is 1. The van der Waals surface area contributed by atoms with Crippen LogP contribution < -0.4 is 10.1 Å². The number of halogens is 1. The Morgan fingerprint density at radius 2 is 1.96 bits per heavy atom. The molecule has 3 aromatic rings. The molecule has 0 saturated carbocycles. The largest absolute Gasteiger partial charge is 0.481 e. The van der Waals surface area contributed by atoms with Gasteiger partial charge in [0.2, 0.25) is 0 Å². The monoisotopic (exact) mass is 311 g/mol. The second-order valence-electron chi connectivity index (χ2n) is 4.78. The lowest BCUT2D eigenvalue weighted by molar-refractivity contribution is -0.118. The zero-order chi connectivity index (χ0) is 16.1. The Morgan fingerprint density at radius 3 is 2.65 bits per heavy atom. The van der Waals surface area contributed by atoms with Crippen molar-refractivity contribution in [2.45, 2.75) is 0 Å². The van der Waals surface area contributed by atoms with Gasteiger partial charge in [0.1, 0.15) is 0 Å². The van der Waals surface area contributed by atoms with Gasteiger partial charge in [-0.3, -0.25) is 4.79 Å². The predicted molar refractivity (Wildman–Crippen MR) is 84.1 cm³/mol. The van der Waals surface area contributed by atoms with Gasteiger partial charge >= 0.3 is 0 Å². The summed E-state index contributed by atoms with van der Waals surface area (Å²) in [6, 6.07) is 13.2. The van der Waals surface area contributed by atoms with E-state index >= 15 is 0 Å². The molecule has 0 saturated heterocycles. The van der Waals surface area contributed by atoms with Crippen LogP contribution in [0.15, 0.2) is 67.3 Å². The maximum absolute atomic E-state index is 13.4. The van der Waals surface area contributed by atoms with E-state index in [2.05, 4.69) is 10.3 Å². The summed E-state index contributed by atoms with van der Waals surface area (Å²) in [4.78, 5) is 15.8. The van der Waals surface area contributed by atoms with Gasteiger partial charge < -0.3 is 14.6 Å². The molecule has 2 aromatic carbocycles. The number of benzene rings is 2. The molecule has 1 N–H and O–H groups in total. The van der Waals surface area contributed by atoms with Crippen molar-refractivity contribution in [3.05, 3.63) is 73.1 Å². The fraction of sp³-hybridized carbons (Fsp3) is 0.0588. The molecule has 5 nitrogen and oxygen atoms in total. The van der Waals surface area contributed by atoms with Gasteiger partial charge in [0, 0.05) is 23.8 Å². The van der Waals surface area contributed by atoms with Crippen LogP contribution in [0.25, 0.3) is 5.69 Å². The molecule has 0 spiro atoms. The van der Waals surface area contributed by atoms with Gasteiger partial charge in [0.15, 0.2) is 18.2 Å². The number of imidazole rings is 1. The number of para-hydroxylation sites is 1. The Hall–Kier alpha value is -3.15. The van der Waals surface area contributed by atoms with Crippen molar-refractivity contribution in [2.24, 2.45) is 0 Å². The van der Waals surface area contributed by atoms with Crippen LogP contribution in [0.5, 0.6) is 5.75 Å². The topological polar surface area (TPSA) is 56.1 Å². The number of carbonyl (C=O) groups excluding carboxylic acids is 1. The third-order valence-electron chi connectivity index (χ3n) is 3.15. The molecular weight excluding hydrogens is 297 g/mol. The van der Waals surface area contributed by atoms with E-state index in [1.165, 1.54) is 12.1 Å². The van der Waals surface area contributed by atoms with Crippen molar-refractivity contribution in [2.75, 3.05) is 11.9 Å². The SMILES string of the molecule is O=C(COc1ccccc1F)Nc1ccc(-n2ccnc2)cc1. The number of carbonyl (C=O) groups is 1. The molecule has 0 aliphatic heterocycles. The van der Waals surface area contributed by atoms with Gasteiger partial charge in [-0.25, -0.2) is 9.37 Å². The van der Waals surface area contributed by atoms with Crippen LogP contribution in [0, 0.1) is 5.82 Å². The molecule has 0 aliphatic carbocycles. The smallest absolute Gasteiger partial charge is 0.262 e. The standard InChI is InChI=1S/C17H14FN3O2/c18-15-3-1-2-4-16(15)23-11-17(22)20-13-5-7-14(8-6-13)21-10-9-19-12-21/h1-10,12H,11H2,(H,20,22). The second kappa shape index (κ2) is 6.74. The molecule has 0 radical (unpaired) electrons. The highest BCUT2D eigenvalue weighted by molar-refractivity contribution is 5.91. The highest BCUT2D eigenvalue weighted by atomic mass is 19.1. The number of aromatic nitrogens is 2. The first-order valence-electron chi connectivity index (χ1n) is 6.98.